The first-order valence-corrected chi connectivity index (χ1v) is 4.19. The van der Waals surface area contributed by atoms with Crippen molar-refractivity contribution in [3.63, 3.8) is 0 Å². The van der Waals surface area contributed by atoms with Crippen molar-refractivity contribution in [2.75, 3.05) is 5.75 Å². The molecule has 0 aliphatic heterocycles. The van der Waals surface area contributed by atoms with Crippen LogP contribution in [0.1, 0.15) is 19.8 Å². The number of halogens is 2. The summed E-state index contributed by atoms with van der Waals surface area (Å²) >= 11 is 6.06. The molecule has 4 heteroatoms. The minimum Gasteiger partial charge on any atom is -0.353 e. The predicted molar refractivity (Wildman–Crippen MR) is 41.1 cm³/mol. The van der Waals surface area contributed by atoms with Crippen molar-refractivity contribution in [1.82, 2.24) is 0 Å². The molecule has 0 unspecified atom stereocenters. The zero-order chi connectivity index (χ0) is 7.11. The summed E-state index contributed by atoms with van der Waals surface area (Å²) < 4.78 is 12.1. The molecule has 0 atom stereocenters. The van der Waals surface area contributed by atoms with E-state index < -0.39 is 5.16 Å². The SMILES string of the molecule is CCCCSC(F)=[C-]Cl.[Li+]. The molecule has 0 heterocycles. The molecular formula is C6H9ClFLiS. The average Bonchev–Trinajstić information content (AvgIpc) is 1.89. The van der Waals surface area contributed by atoms with Gasteiger partial charge in [0, 0.05) is 0 Å². The maximum atomic E-state index is 12.1. The fourth-order valence-corrected chi connectivity index (χ4v) is 1.16. The van der Waals surface area contributed by atoms with Gasteiger partial charge in [-0.2, -0.15) is 0 Å². The van der Waals surface area contributed by atoms with E-state index in [4.69, 9.17) is 11.6 Å². The molecule has 0 amide bonds. The third-order valence-electron chi connectivity index (χ3n) is 0.801. The van der Waals surface area contributed by atoms with Gasteiger partial charge in [-0.3, -0.25) is 0 Å². The minimum atomic E-state index is -0.412. The fourth-order valence-electron chi connectivity index (χ4n) is 0.333. The van der Waals surface area contributed by atoms with Crippen molar-refractivity contribution in [2.45, 2.75) is 19.8 Å². The van der Waals surface area contributed by atoms with Crippen LogP contribution in [0.4, 0.5) is 4.39 Å². The van der Waals surface area contributed by atoms with Crippen molar-refractivity contribution >= 4 is 23.4 Å². The number of unbranched alkanes of at least 4 members (excludes halogenated alkanes) is 1. The van der Waals surface area contributed by atoms with E-state index in [1.807, 2.05) is 5.54 Å². The Hall–Kier alpha value is 0.907. The first kappa shape index (κ1) is 13.5. The van der Waals surface area contributed by atoms with Crippen LogP contribution in [0.25, 0.3) is 0 Å². The summed E-state index contributed by atoms with van der Waals surface area (Å²) in [5.41, 5.74) is 1.91. The second kappa shape index (κ2) is 9.91. The van der Waals surface area contributed by atoms with Gasteiger partial charge in [-0.25, -0.2) is 4.39 Å². The monoisotopic (exact) mass is 174 g/mol. The summed E-state index contributed by atoms with van der Waals surface area (Å²) in [5.74, 6) is 0.794. The van der Waals surface area contributed by atoms with Gasteiger partial charge in [-0.05, 0) is 17.3 Å². The van der Waals surface area contributed by atoms with Crippen LogP contribution < -0.4 is 18.9 Å². The van der Waals surface area contributed by atoms with Crippen molar-refractivity contribution in [3.05, 3.63) is 10.7 Å². The van der Waals surface area contributed by atoms with Crippen LogP contribution in [0.3, 0.4) is 0 Å². The van der Waals surface area contributed by atoms with Gasteiger partial charge in [0.15, 0.2) is 0 Å². The van der Waals surface area contributed by atoms with Gasteiger partial charge >= 0.3 is 18.9 Å². The Bertz CT molecular complexity index is 97.7. The van der Waals surface area contributed by atoms with Crippen LogP contribution in [0.2, 0.25) is 0 Å². The smallest absolute Gasteiger partial charge is 0.353 e. The van der Waals surface area contributed by atoms with Gasteiger partial charge < -0.3 is 17.1 Å². The van der Waals surface area contributed by atoms with Gasteiger partial charge in [-0.1, -0.05) is 13.3 Å². The zero-order valence-corrected chi connectivity index (χ0v) is 7.86. The van der Waals surface area contributed by atoms with Crippen molar-refractivity contribution in [3.8, 4) is 0 Å². The molecule has 0 radical (unpaired) electrons. The van der Waals surface area contributed by atoms with Gasteiger partial charge in [0.1, 0.15) is 0 Å². The molecule has 0 rings (SSSR count). The Labute approximate surface area is 82.8 Å². The van der Waals surface area contributed by atoms with Gasteiger partial charge in [-0.15, -0.1) is 11.8 Å². The van der Waals surface area contributed by atoms with E-state index in [1.165, 1.54) is 0 Å². The minimum absolute atomic E-state index is 0. The number of hydrogen-bond donors (Lipinski definition) is 0. The standard InChI is InChI=1S/C6H9ClFS.Li/c1-2-3-4-9-6(8)5-7;/h2-4H2,1H3;/q-1;+1. The van der Waals surface area contributed by atoms with E-state index in [-0.39, 0.29) is 18.9 Å². The van der Waals surface area contributed by atoms with E-state index in [2.05, 4.69) is 6.92 Å². The summed E-state index contributed by atoms with van der Waals surface area (Å²) in [6.45, 7) is 2.06. The summed E-state index contributed by atoms with van der Waals surface area (Å²) in [6, 6.07) is 0. The maximum Gasteiger partial charge on any atom is 1.00 e. The summed E-state index contributed by atoms with van der Waals surface area (Å²) in [6.07, 6.45) is 2.11. The molecule has 0 aromatic heterocycles. The third-order valence-corrected chi connectivity index (χ3v) is 1.93. The van der Waals surface area contributed by atoms with E-state index in [0.29, 0.717) is 0 Å². The Morgan fingerprint density at radius 1 is 1.70 bits per heavy atom. The molecule has 0 saturated carbocycles. The van der Waals surface area contributed by atoms with E-state index in [0.717, 1.165) is 30.4 Å². The van der Waals surface area contributed by atoms with E-state index in [9.17, 15) is 4.39 Å². The second-order valence-corrected chi connectivity index (χ2v) is 2.81. The second-order valence-electron chi connectivity index (χ2n) is 1.57. The van der Waals surface area contributed by atoms with Crippen LogP contribution in [-0.4, -0.2) is 5.75 Å². The van der Waals surface area contributed by atoms with Gasteiger partial charge in [0.2, 0.25) is 0 Å². The van der Waals surface area contributed by atoms with Gasteiger partial charge in [0.25, 0.3) is 0 Å². The normalized spacial score (nSPS) is 10.9. The maximum absolute atomic E-state index is 12.1. The molecule has 0 saturated heterocycles. The molecule has 0 aliphatic carbocycles. The summed E-state index contributed by atoms with van der Waals surface area (Å²) in [7, 11) is 0. The van der Waals surface area contributed by atoms with Gasteiger partial charge in [0.05, 0.1) is 0 Å². The fraction of sp³-hybridized carbons (Fsp3) is 0.667. The molecule has 0 N–H and O–H groups in total. The molecule has 0 aromatic rings. The number of thioether (sulfide) groups is 1. The molecule has 10 heavy (non-hydrogen) atoms. The largest absolute Gasteiger partial charge is 1.00 e. The van der Waals surface area contributed by atoms with Crippen molar-refractivity contribution < 1.29 is 23.3 Å². The molecule has 54 valence electrons. The van der Waals surface area contributed by atoms with Crippen LogP contribution in [0.5, 0.6) is 0 Å². The van der Waals surface area contributed by atoms with Crippen LogP contribution in [0.15, 0.2) is 5.16 Å². The summed E-state index contributed by atoms with van der Waals surface area (Å²) in [5, 5.41) is -0.412. The Morgan fingerprint density at radius 2 is 2.30 bits per heavy atom. The van der Waals surface area contributed by atoms with Crippen molar-refractivity contribution in [2.24, 2.45) is 0 Å². The third kappa shape index (κ3) is 8.91. The van der Waals surface area contributed by atoms with Crippen LogP contribution >= 0.6 is 23.4 Å². The number of hydrogen-bond acceptors (Lipinski definition) is 1. The quantitative estimate of drug-likeness (QED) is 0.336. The molecule has 0 nitrogen and oxygen atoms in total. The molecular weight excluding hydrogens is 166 g/mol. The molecule has 0 aromatic carbocycles. The molecule has 0 aliphatic rings. The molecule has 0 spiro atoms. The first-order valence-electron chi connectivity index (χ1n) is 2.83. The topological polar surface area (TPSA) is 0 Å². The molecule has 0 fully saturated rings. The Kier molecular flexibility index (Phi) is 13.4. The van der Waals surface area contributed by atoms with Crippen LogP contribution in [0, 0.1) is 5.54 Å². The van der Waals surface area contributed by atoms with E-state index in [1.54, 1.807) is 0 Å². The Balaban J connectivity index is 0. The summed E-state index contributed by atoms with van der Waals surface area (Å²) in [4.78, 5) is 0. The first-order chi connectivity index (χ1) is 4.31. The Morgan fingerprint density at radius 3 is 2.70 bits per heavy atom. The van der Waals surface area contributed by atoms with E-state index >= 15 is 0 Å². The predicted octanol–water partition coefficient (Wildman–Crippen LogP) is 0.334. The molecule has 0 bridgehead atoms. The zero-order valence-electron chi connectivity index (χ0n) is 6.29. The average molecular weight is 175 g/mol. The van der Waals surface area contributed by atoms with Crippen molar-refractivity contribution in [1.29, 1.82) is 0 Å². The van der Waals surface area contributed by atoms with Crippen LogP contribution in [-0.2, 0) is 0 Å². The number of rotatable bonds is 4.